The van der Waals surface area contributed by atoms with Gasteiger partial charge >= 0.3 is 0 Å². The van der Waals surface area contributed by atoms with Gasteiger partial charge in [-0.25, -0.2) is 9.37 Å². The van der Waals surface area contributed by atoms with Gasteiger partial charge in [0.05, 0.1) is 15.4 Å². The van der Waals surface area contributed by atoms with Crippen LogP contribution >= 0.6 is 22.9 Å². The second-order valence-electron chi connectivity index (χ2n) is 3.32. The number of aromatic amines is 1. The molecule has 0 aliphatic rings. The first-order valence-corrected chi connectivity index (χ1v) is 5.89. The number of nitrogens with one attached hydrogen (secondary N) is 1. The molecule has 1 N–H and O–H groups in total. The van der Waals surface area contributed by atoms with Gasteiger partial charge < -0.3 is 4.98 Å². The van der Waals surface area contributed by atoms with Crippen molar-refractivity contribution in [2.75, 3.05) is 0 Å². The van der Waals surface area contributed by atoms with Crippen molar-refractivity contribution in [1.29, 1.82) is 0 Å². The standard InChI is InChI=1S/C11H6ClFN2S/c12-6-4-5-16-10(6)11-14-8-3-1-2-7(13)9(8)15-11/h1-5H,(H,14,15). The molecule has 0 amide bonds. The minimum Gasteiger partial charge on any atom is -0.337 e. The Morgan fingerprint density at radius 1 is 1.31 bits per heavy atom. The summed E-state index contributed by atoms with van der Waals surface area (Å²) in [6.07, 6.45) is 0. The lowest BCUT2D eigenvalue weighted by molar-refractivity contribution is 0.637. The SMILES string of the molecule is Fc1cccc2[nH]c(-c3sccc3Cl)nc12. The maximum Gasteiger partial charge on any atom is 0.151 e. The summed E-state index contributed by atoms with van der Waals surface area (Å²) in [5.41, 5.74) is 1.03. The van der Waals surface area contributed by atoms with Crippen molar-refractivity contribution in [1.82, 2.24) is 9.97 Å². The Morgan fingerprint density at radius 3 is 2.88 bits per heavy atom. The molecule has 5 heteroatoms. The van der Waals surface area contributed by atoms with Gasteiger partial charge in [-0.15, -0.1) is 11.3 Å². The number of benzene rings is 1. The van der Waals surface area contributed by atoms with E-state index in [1.165, 1.54) is 17.4 Å². The predicted molar refractivity (Wildman–Crippen MR) is 64.4 cm³/mol. The molecule has 0 unspecified atom stereocenters. The Balaban J connectivity index is 2.27. The highest BCUT2D eigenvalue weighted by Gasteiger charge is 2.11. The predicted octanol–water partition coefficient (Wildman–Crippen LogP) is 4.08. The second-order valence-corrected chi connectivity index (χ2v) is 4.64. The number of rotatable bonds is 1. The lowest BCUT2D eigenvalue weighted by atomic mass is 10.3. The average molecular weight is 253 g/mol. The van der Waals surface area contributed by atoms with Crippen LogP contribution in [0.15, 0.2) is 29.6 Å². The number of thiophene rings is 1. The normalized spacial score (nSPS) is 11.1. The molecule has 2 nitrogen and oxygen atoms in total. The molecule has 0 fully saturated rings. The van der Waals surface area contributed by atoms with E-state index in [1.807, 2.05) is 5.38 Å². The van der Waals surface area contributed by atoms with Crippen LogP contribution in [0.2, 0.25) is 5.02 Å². The molecule has 1 aromatic carbocycles. The third-order valence-corrected chi connectivity index (χ3v) is 3.64. The minimum absolute atomic E-state index is 0.326. The van der Waals surface area contributed by atoms with Crippen molar-refractivity contribution in [2.45, 2.75) is 0 Å². The fourth-order valence-electron chi connectivity index (χ4n) is 1.57. The maximum absolute atomic E-state index is 13.4. The topological polar surface area (TPSA) is 28.7 Å². The summed E-state index contributed by atoms with van der Waals surface area (Å²) < 4.78 is 13.4. The Kier molecular flexibility index (Phi) is 2.19. The van der Waals surface area contributed by atoms with Crippen LogP contribution in [-0.4, -0.2) is 9.97 Å². The van der Waals surface area contributed by atoms with Crippen molar-refractivity contribution in [3.63, 3.8) is 0 Å². The number of halogens is 2. The van der Waals surface area contributed by atoms with Crippen molar-refractivity contribution >= 4 is 34.0 Å². The molecule has 3 aromatic rings. The van der Waals surface area contributed by atoms with Gasteiger partial charge in [-0.2, -0.15) is 0 Å². The highest BCUT2D eigenvalue weighted by atomic mass is 35.5. The van der Waals surface area contributed by atoms with Gasteiger partial charge in [0.15, 0.2) is 5.82 Å². The van der Waals surface area contributed by atoms with Gasteiger partial charge in [-0.3, -0.25) is 0 Å². The average Bonchev–Trinajstić information content (AvgIpc) is 2.84. The zero-order valence-corrected chi connectivity index (χ0v) is 9.57. The lowest BCUT2D eigenvalue weighted by Crippen LogP contribution is -1.76. The zero-order valence-electron chi connectivity index (χ0n) is 8.00. The van der Waals surface area contributed by atoms with Crippen molar-refractivity contribution in [3.8, 4) is 10.7 Å². The van der Waals surface area contributed by atoms with E-state index in [9.17, 15) is 4.39 Å². The molecule has 0 spiro atoms. The zero-order chi connectivity index (χ0) is 11.1. The summed E-state index contributed by atoms with van der Waals surface area (Å²) >= 11 is 7.47. The van der Waals surface area contributed by atoms with Crippen LogP contribution < -0.4 is 0 Å². The molecule has 0 saturated carbocycles. The minimum atomic E-state index is -0.326. The van der Waals surface area contributed by atoms with E-state index in [1.54, 1.807) is 18.2 Å². The summed E-state index contributed by atoms with van der Waals surface area (Å²) in [7, 11) is 0. The Morgan fingerprint density at radius 2 is 2.19 bits per heavy atom. The number of aromatic nitrogens is 2. The number of nitrogens with zero attached hydrogens (tertiary/aromatic N) is 1. The van der Waals surface area contributed by atoms with E-state index in [0.717, 1.165) is 4.88 Å². The van der Waals surface area contributed by atoms with E-state index >= 15 is 0 Å². The summed E-state index contributed by atoms with van der Waals surface area (Å²) in [4.78, 5) is 8.10. The van der Waals surface area contributed by atoms with Crippen LogP contribution in [0.4, 0.5) is 4.39 Å². The molecular weight excluding hydrogens is 247 g/mol. The third kappa shape index (κ3) is 1.42. The van der Waals surface area contributed by atoms with Crippen LogP contribution in [0.1, 0.15) is 0 Å². The smallest absolute Gasteiger partial charge is 0.151 e. The Bertz CT molecular complexity index is 659. The maximum atomic E-state index is 13.4. The fraction of sp³-hybridized carbons (Fsp3) is 0. The second kappa shape index (κ2) is 3.57. The van der Waals surface area contributed by atoms with Gasteiger partial charge in [-0.05, 0) is 23.6 Å². The van der Waals surface area contributed by atoms with Crippen LogP contribution in [0, 0.1) is 5.82 Å². The monoisotopic (exact) mass is 252 g/mol. The van der Waals surface area contributed by atoms with Crippen LogP contribution in [0.5, 0.6) is 0 Å². The number of imidazole rings is 1. The first kappa shape index (κ1) is 9.81. The lowest BCUT2D eigenvalue weighted by Gasteiger charge is -1.90. The van der Waals surface area contributed by atoms with E-state index in [2.05, 4.69) is 9.97 Å². The van der Waals surface area contributed by atoms with Gasteiger partial charge in [-0.1, -0.05) is 17.7 Å². The first-order valence-electron chi connectivity index (χ1n) is 4.63. The quantitative estimate of drug-likeness (QED) is 0.694. The van der Waals surface area contributed by atoms with Gasteiger partial charge in [0.25, 0.3) is 0 Å². The van der Waals surface area contributed by atoms with E-state index in [4.69, 9.17) is 11.6 Å². The van der Waals surface area contributed by atoms with E-state index < -0.39 is 0 Å². The summed E-state index contributed by atoms with van der Waals surface area (Å²) in [5, 5.41) is 2.51. The van der Waals surface area contributed by atoms with Crippen molar-refractivity contribution in [3.05, 3.63) is 40.5 Å². The molecule has 80 valence electrons. The van der Waals surface area contributed by atoms with Crippen LogP contribution in [0.25, 0.3) is 21.7 Å². The highest BCUT2D eigenvalue weighted by Crippen LogP contribution is 2.32. The van der Waals surface area contributed by atoms with E-state index in [-0.39, 0.29) is 5.82 Å². The Hall–Kier alpha value is -1.39. The molecular formula is C11H6ClFN2S. The fourth-order valence-corrected chi connectivity index (χ4v) is 2.66. The summed E-state index contributed by atoms with van der Waals surface area (Å²) in [6, 6.07) is 6.63. The molecule has 0 atom stereocenters. The molecule has 2 heterocycles. The molecule has 2 aromatic heterocycles. The largest absolute Gasteiger partial charge is 0.337 e. The Labute approximate surface area is 99.7 Å². The molecule has 16 heavy (non-hydrogen) atoms. The number of hydrogen-bond donors (Lipinski definition) is 1. The highest BCUT2D eigenvalue weighted by molar-refractivity contribution is 7.14. The molecule has 0 bridgehead atoms. The molecule has 3 rings (SSSR count). The molecule has 0 saturated heterocycles. The summed E-state index contributed by atoms with van der Waals surface area (Å²) in [6.45, 7) is 0. The number of para-hydroxylation sites is 1. The summed E-state index contributed by atoms with van der Waals surface area (Å²) in [5.74, 6) is 0.285. The van der Waals surface area contributed by atoms with Crippen molar-refractivity contribution in [2.24, 2.45) is 0 Å². The van der Waals surface area contributed by atoms with Gasteiger partial charge in [0, 0.05) is 0 Å². The van der Waals surface area contributed by atoms with Crippen LogP contribution in [0.3, 0.4) is 0 Å². The van der Waals surface area contributed by atoms with Crippen molar-refractivity contribution < 1.29 is 4.39 Å². The number of hydrogen-bond acceptors (Lipinski definition) is 2. The third-order valence-electron chi connectivity index (χ3n) is 2.30. The number of fused-ring (bicyclic) bond motifs is 1. The van der Waals surface area contributed by atoms with E-state index in [0.29, 0.717) is 21.9 Å². The molecule has 0 radical (unpaired) electrons. The first-order chi connectivity index (χ1) is 7.75. The molecule has 0 aliphatic carbocycles. The van der Waals surface area contributed by atoms with Gasteiger partial charge in [0.1, 0.15) is 11.3 Å². The number of H-pyrrole nitrogens is 1. The molecule has 0 aliphatic heterocycles. The van der Waals surface area contributed by atoms with Gasteiger partial charge in [0.2, 0.25) is 0 Å². The van der Waals surface area contributed by atoms with Crippen LogP contribution in [-0.2, 0) is 0 Å².